The molecule has 0 spiro atoms. The lowest BCUT2D eigenvalue weighted by Crippen LogP contribution is -1.99. The smallest absolute Gasteiger partial charge is 0.0513 e. The van der Waals surface area contributed by atoms with Gasteiger partial charge in [-0.25, -0.2) is 0 Å². The van der Waals surface area contributed by atoms with Crippen LogP contribution in [0, 0.1) is 3.57 Å². The Balaban J connectivity index is 2.13. The fourth-order valence-corrected chi connectivity index (χ4v) is 3.58. The Morgan fingerprint density at radius 1 is 1.18 bits per heavy atom. The van der Waals surface area contributed by atoms with Crippen molar-refractivity contribution >= 4 is 49.4 Å². The van der Waals surface area contributed by atoms with Crippen LogP contribution in [0.1, 0.15) is 18.4 Å². The second-order valence-corrected chi connectivity index (χ2v) is 7.47. The van der Waals surface area contributed by atoms with Crippen molar-refractivity contribution in [2.45, 2.75) is 19.3 Å². The number of nitrogens with zero attached hydrogens (tertiary/aromatic N) is 1. The van der Waals surface area contributed by atoms with E-state index in [1.807, 2.05) is 12.4 Å². The number of halogens is 2. The third-order valence-electron chi connectivity index (χ3n) is 3.74. The third kappa shape index (κ3) is 3.36. The summed E-state index contributed by atoms with van der Waals surface area (Å²) in [6.07, 6.45) is 6.89. The first-order valence-corrected chi connectivity index (χ1v) is 9.17. The van der Waals surface area contributed by atoms with Gasteiger partial charge in [-0.15, -0.1) is 0 Å². The van der Waals surface area contributed by atoms with Crippen molar-refractivity contribution in [2.75, 3.05) is 6.54 Å². The lowest BCUT2D eigenvalue weighted by atomic mass is 10.0. The van der Waals surface area contributed by atoms with Crippen molar-refractivity contribution in [3.63, 3.8) is 0 Å². The van der Waals surface area contributed by atoms with E-state index in [0.29, 0.717) is 0 Å². The number of hydrogen-bond acceptors (Lipinski definition) is 2. The molecule has 0 aliphatic carbocycles. The predicted octanol–water partition coefficient (Wildman–Crippen LogP) is 4.88. The van der Waals surface area contributed by atoms with Crippen LogP contribution in [0.2, 0.25) is 0 Å². The molecule has 1 aromatic carbocycles. The molecular formula is C17H17BrIN3. The SMILES string of the molecule is NCCCCc1c(-c2cncc(Br)c2)[nH]c2ccc(I)cc12. The Bertz CT molecular complexity index is 798. The van der Waals surface area contributed by atoms with Gasteiger partial charge in [0.25, 0.3) is 0 Å². The summed E-state index contributed by atoms with van der Waals surface area (Å²) in [5, 5.41) is 1.30. The van der Waals surface area contributed by atoms with E-state index in [1.165, 1.54) is 25.7 Å². The van der Waals surface area contributed by atoms with Gasteiger partial charge < -0.3 is 10.7 Å². The van der Waals surface area contributed by atoms with Crippen molar-refractivity contribution in [3.8, 4) is 11.3 Å². The molecule has 3 aromatic rings. The summed E-state index contributed by atoms with van der Waals surface area (Å²) in [5.41, 5.74) is 10.5. The van der Waals surface area contributed by atoms with E-state index in [-0.39, 0.29) is 0 Å². The van der Waals surface area contributed by atoms with Crippen molar-refractivity contribution in [1.82, 2.24) is 9.97 Å². The zero-order valence-corrected chi connectivity index (χ0v) is 15.8. The number of aryl methyl sites for hydroxylation is 1. The van der Waals surface area contributed by atoms with Crippen LogP contribution in [0.3, 0.4) is 0 Å². The molecule has 114 valence electrons. The van der Waals surface area contributed by atoms with Crippen molar-refractivity contribution < 1.29 is 0 Å². The number of H-pyrrole nitrogens is 1. The molecule has 2 heterocycles. The van der Waals surface area contributed by atoms with Crippen molar-refractivity contribution in [1.29, 1.82) is 0 Å². The van der Waals surface area contributed by atoms with Gasteiger partial charge in [-0.1, -0.05) is 0 Å². The van der Waals surface area contributed by atoms with Gasteiger partial charge >= 0.3 is 0 Å². The number of unbranched alkanes of at least 4 members (excludes halogenated alkanes) is 1. The summed E-state index contributed by atoms with van der Waals surface area (Å²) in [5.74, 6) is 0. The molecule has 2 aromatic heterocycles. The number of hydrogen-bond donors (Lipinski definition) is 2. The van der Waals surface area contributed by atoms with E-state index >= 15 is 0 Å². The minimum atomic E-state index is 0.744. The Labute approximate surface area is 152 Å². The molecule has 22 heavy (non-hydrogen) atoms. The molecule has 3 nitrogen and oxygen atoms in total. The van der Waals surface area contributed by atoms with Crippen LogP contribution in [0.5, 0.6) is 0 Å². The largest absolute Gasteiger partial charge is 0.354 e. The summed E-state index contributed by atoms with van der Waals surface area (Å²) < 4.78 is 2.24. The average molecular weight is 470 g/mol. The Kier molecular flexibility index (Phi) is 5.15. The number of fused-ring (bicyclic) bond motifs is 1. The van der Waals surface area contributed by atoms with Gasteiger partial charge in [0.1, 0.15) is 0 Å². The fourth-order valence-electron chi connectivity index (χ4n) is 2.72. The molecule has 0 aliphatic rings. The second-order valence-electron chi connectivity index (χ2n) is 5.31. The first kappa shape index (κ1) is 16.0. The molecule has 0 atom stereocenters. The maximum absolute atomic E-state index is 5.65. The Morgan fingerprint density at radius 3 is 2.82 bits per heavy atom. The minimum absolute atomic E-state index is 0.744. The van der Waals surface area contributed by atoms with Crippen LogP contribution >= 0.6 is 38.5 Å². The summed E-state index contributed by atoms with van der Waals surface area (Å²) in [6, 6.07) is 8.64. The van der Waals surface area contributed by atoms with Gasteiger partial charge in [0.05, 0.1) is 5.69 Å². The standard InChI is InChI=1S/C17H17BrIN3/c18-12-7-11(9-21-10-12)17-14(3-1-2-6-20)15-8-13(19)4-5-16(15)22-17/h4-5,7-10,22H,1-3,6,20H2. The van der Waals surface area contributed by atoms with Crippen molar-refractivity contribution in [2.24, 2.45) is 5.73 Å². The van der Waals surface area contributed by atoms with E-state index in [9.17, 15) is 0 Å². The molecule has 0 saturated carbocycles. The average Bonchev–Trinajstić information content (AvgIpc) is 2.86. The normalized spacial score (nSPS) is 11.2. The lowest BCUT2D eigenvalue weighted by Gasteiger charge is -2.05. The van der Waals surface area contributed by atoms with Crippen LogP contribution in [0.25, 0.3) is 22.2 Å². The van der Waals surface area contributed by atoms with E-state index in [4.69, 9.17) is 5.73 Å². The number of aromatic amines is 1. The monoisotopic (exact) mass is 469 g/mol. The molecular weight excluding hydrogens is 453 g/mol. The van der Waals surface area contributed by atoms with E-state index < -0.39 is 0 Å². The lowest BCUT2D eigenvalue weighted by molar-refractivity contribution is 0.748. The van der Waals surface area contributed by atoms with Gasteiger partial charge in [0, 0.05) is 36.9 Å². The fraction of sp³-hybridized carbons (Fsp3) is 0.235. The number of benzene rings is 1. The van der Waals surface area contributed by atoms with Crippen molar-refractivity contribution in [3.05, 3.63) is 50.3 Å². The van der Waals surface area contributed by atoms with E-state index in [2.05, 4.69) is 72.8 Å². The highest BCUT2D eigenvalue weighted by Crippen LogP contribution is 2.33. The first-order valence-electron chi connectivity index (χ1n) is 7.30. The van der Waals surface area contributed by atoms with E-state index in [0.717, 1.165) is 35.8 Å². The van der Waals surface area contributed by atoms with Crippen LogP contribution in [0.15, 0.2) is 41.1 Å². The predicted molar refractivity (Wildman–Crippen MR) is 104 cm³/mol. The van der Waals surface area contributed by atoms with Crippen LogP contribution < -0.4 is 5.73 Å². The summed E-state index contributed by atoms with van der Waals surface area (Å²) in [4.78, 5) is 7.86. The minimum Gasteiger partial charge on any atom is -0.354 e. The molecule has 0 aliphatic heterocycles. The van der Waals surface area contributed by atoms with Crippen LogP contribution in [0.4, 0.5) is 0 Å². The first-order chi connectivity index (χ1) is 10.7. The zero-order chi connectivity index (χ0) is 15.5. The maximum Gasteiger partial charge on any atom is 0.0513 e. The number of pyridine rings is 1. The molecule has 3 N–H and O–H groups in total. The Hall–Kier alpha value is -0.920. The van der Waals surface area contributed by atoms with Gasteiger partial charge in [0.2, 0.25) is 0 Å². The molecule has 0 fully saturated rings. The van der Waals surface area contributed by atoms with Gasteiger partial charge in [-0.05, 0) is 94.2 Å². The topological polar surface area (TPSA) is 54.7 Å². The zero-order valence-electron chi connectivity index (χ0n) is 12.1. The van der Waals surface area contributed by atoms with Gasteiger partial charge in [-0.3, -0.25) is 4.98 Å². The van der Waals surface area contributed by atoms with E-state index in [1.54, 1.807) is 0 Å². The van der Waals surface area contributed by atoms with Crippen LogP contribution in [-0.2, 0) is 6.42 Å². The highest BCUT2D eigenvalue weighted by atomic mass is 127. The summed E-state index contributed by atoms with van der Waals surface area (Å²) in [7, 11) is 0. The maximum atomic E-state index is 5.65. The molecule has 0 unspecified atom stereocenters. The summed E-state index contributed by atoms with van der Waals surface area (Å²) in [6.45, 7) is 0.744. The number of nitrogens with two attached hydrogens (primary N) is 1. The summed E-state index contributed by atoms with van der Waals surface area (Å²) >= 11 is 5.87. The van der Waals surface area contributed by atoms with Crippen LogP contribution in [-0.4, -0.2) is 16.5 Å². The number of aromatic nitrogens is 2. The molecule has 5 heteroatoms. The number of rotatable bonds is 5. The molecule has 0 bridgehead atoms. The highest BCUT2D eigenvalue weighted by Gasteiger charge is 2.13. The quantitative estimate of drug-likeness (QED) is 0.413. The second kappa shape index (κ2) is 7.10. The Morgan fingerprint density at radius 2 is 2.05 bits per heavy atom. The number of nitrogens with one attached hydrogen (secondary N) is 1. The molecule has 0 amide bonds. The van der Waals surface area contributed by atoms with Gasteiger partial charge in [0.15, 0.2) is 0 Å². The van der Waals surface area contributed by atoms with Gasteiger partial charge in [-0.2, -0.15) is 0 Å². The highest BCUT2D eigenvalue weighted by molar-refractivity contribution is 14.1. The molecule has 0 saturated heterocycles. The third-order valence-corrected chi connectivity index (χ3v) is 4.85. The molecule has 3 rings (SSSR count). The molecule has 0 radical (unpaired) electrons.